The lowest BCUT2D eigenvalue weighted by molar-refractivity contribution is -0.138. The number of halogens is 3. The van der Waals surface area contributed by atoms with Crippen LogP contribution in [0.5, 0.6) is 5.75 Å². The largest absolute Gasteiger partial charge is 0.486 e. The van der Waals surface area contributed by atoms with Crippen LogP contribution in [0.3, 0.4) is 0 Å². The van der Waals surface area contributed by atoms with Crippen molar-refractivity contribution in [2.75, 3.05) is 0 Å². The van der Waals surface area contributed by atoms with Gasteiger partial charge in [0.2, 0.25) is 0 Å². The molecule has 0 unspecified atom stereocenters. The number of carboxylic acids is 1. The Bertz CT molecular complexity index is 386. The first-order chi connectivity index (χ1) is 7.40. The van der Waals surface area contributed by atoms with Gasteiger partial charge in [0, 0.05) is 6.07 Å². The maximum atomic E-state index is 13.3. The molecule has 1 rings (SSSR count). The van der Waals surface area contributed by atoms with Crippen LogP contribution in [-0.2, 0) is 4.79 Å². The first kappa shape index (κ1) is 12.9. The van der Waals surface area contributed by atoms with Crippen molar-refractivity contribution in [2.45, 2.75) is 19.4 Å². The molecule has 88 valence electrons. The van der Waals surface area contributed by atoms with Crippen LogP contribution in [0.15, 0.2) is 16.6 Å². The summed E-state index contributed by atoms with van der Waals surface area (Å²) in [5, 5.41) is 8.50. The molecule has 0 saturated heterocycles. The highest BCUT2D eigenvalue weighted by Crippen LogP contribution is 2.30. The van der Waals surface area contributed by atoms with Gasteiger partial charge >= 0.3 is 5.97 Å². The summed E-state index contributed by atoms with van der Waals surface area (Å²) in [4.78, 5) is 10.4. The number of benzene rings is 1. The molecule has 6 heteroatoms. The van der Waals surface area contributed by atoms with Crippen LogP contribution in [-0.4, -0.2) is 17.2 Å². The average Bonchev–Trinajstić information content (AvgIpc) is 2.09. The first-order valence-electron chi connectivity index (χ1n) is 4.43. The molecule has 0 aliphatic heterocycles. The van der Waals surface area contributed by atoms with Crippen molar-refractivity contribution in [3.63, 3.8) is 0 Å². The summed E-state index contributed by atoms with van der Waals surface area (Å²) in [7, 11) is 0. The molecule has 3 nitrogen and oxygen atoms in total. The Balaban J connectivity index is 2.85. The highest BCUT2D eigenvalue weighted by molar-refractivity contribution is 9.10. The molecule has 0 saturated carbocycles. The second-order valence-corrected chi connectivity index (χ2v) is 4.08. The third kappa shape index (κ3) is 3.44. The predicted molar refractivity (Wildman–Crippen MR) is 56.4 cm³/mol. The molecule has 0 fully saturated rings. The summed E-state index contributed by atoms with van der Waals surface area (Å²) >= 11 is 2.94. The van der Waals surface area contributed by atoms with Crippen LogP contribution < -0.4 is 4.74 Å². The minimum atomic E-state index is -1.05. The van der Waals surface area contributed by atoms with Crippen LogP contribution in [0.1, 0.15) is 13.3 Å². The van der Waals surface area contributed by atoms with Crippen molar-refractivity contribution in [3.05, 3.63) is 28.2 Å². The van der Waals surface area contributed by atoms with Gasteiger partial charge in [-0.15, -0.1) is 0 Å². The molecular weight excluding hydrogens is 286 g/mol. The average molecular weight is 295 g/mol. The smallest absolute Gasteiger partial charge is 0.307 e. The van der Waals surface area contributed by atoms with E-state index in [1.807, 2.05) is 0 Å². The van der Waals surface area contributed by atoms with Gasteiger partial charge in [-0.3, -0.25) is 4.79 Å². The van der Waals surface area contributed by atoms with Crippen molar-refractivity contribution < 1.29 is 23.4 Å². The van der Waals surface area contributed by atoms with E-state index in [4.69, 9.17) is 9.84 Å². The molecule has 0 bridgehead atoms. The van der Waals surface area contributed by atoms with Gasteiger partial charge < -0.3 is 9.84 Å². The fourth-order valence-electron chi connectivity index (χ4n) is 1.13. The zero-order valence-electron chi connectivity index (χ0n) is 8.34. The molecule has 0 aliphatic carbocycles. The van der Waals surface area contributed by atoms with Crippen LogP contribution in [0.25, 0.3) is 0 Å². The lowest BCUT2D eigenvalue weighted by Crippen LogP contribution is -2.17. The van der Waals surface area contributed by atoms with E-state index in [0.29, 0.717) is 6.07 Å². The van der Waals surface area contributed by atoms with E-state index in [1.54, 1.807) is 0 Å². The molecule has 1 aromatic rings. The van der Waals surface area contributed by atoms with Gasteiger partial charge in [0.15, 0.2) is 11.6 Å². The molecule has 0 aliphatic rings. The zero-order chi connectivity index (χ0) is 12.3. The highest BCUT2D eigenvalue weighted by Gasteiger charge is 2.16. The van der Waals surface area contributed by atoms with Crippen LogP contribution in [0.4, 0.5) is 8.78 Å². The Labute approximate surface area is 99.2 Å². The van der Waals surface area contributed by atoms with Gasteiger partial charge in [-0.1, -0.05) is 0 Å². The van der Waals surface area contributed by atoms with E-state index in [-0.39, 0.29) is 16.6 Å². The minimum Gasteiger partial charge on any atom is -0.486 e. The number of rotatable bonds is 4. The van der Waals surface area contributed by atoms with Crippen molar-refractivity contribution in [1.82, 2.24) is 0 Å². The molecule has 0 spiro atoms. The van der Waals surface area contributed by atoms with Crippen LogP contribution in [0, 0.1) is 11.6 Å². The number of hydrogen-bond acceptors (Lipinski definition) is 2. The monoisotopic (exact) mass is 294 g/mol. The quantitative estimate of drug-likeness (QED) is 0.929. The number of carboxylic acid groups (broad SMARTS) is 1. The Morgan fingerprint density at radius 2 is 2.19 bits per heavy atom. The van der Waals surface area contributed by atoms with E-state index in [1.165, 1.54) is 6.92 Å². The van der Waals surface area contributed by atoms with Crippen molar-refractivity contribution in [1.29, 1.82) is 0 Å². The van der Waals surface area contributed by atoms with Crippen molar-refractivity contribution in [3.8, 4) is 5.75 Å². The molecule has 1 N–H and O–H groups in total. The van der Waals surface area contributed by atoms with Gasteiger partial charge in [0.25, 0.3) is 0 Å². The van der Waals surface area contributed by atoms with Gasteiger partial charge in [0.05, 0.1) is 10.9 Å². The lowest BCUT2D eigenvalue weighted by atomic mass is 10.2. The molecule has 1 aromatic carbocycles. The summed E-state index contributed by atoms with van der Waals surface area (Å²) < 4.78 is 31.2. The summed E-state index contributed by atoms with van der Waals surface area (Å²) in [5.41, 5.74) is 0. The van der Waals surface area contributed by atoms with Crippen LogP contribution in [0.2, 0.25) is 0 Å². The normalized spacial score (nSPS) is 12.2. The third-order valence-electron chi connectivity index (χ3n) is 1.74. The fourth-order valence-corrected chi connectivity index (χ4v) is 1.63. The van der Waals surface area contributed by atoms with E-state index >= 15 is 0 Å². The molecule has 0 aromatic heterocycles. The summed E-state index contributed by atoms with van der Waals surface area (Å²) in [6, 6.07) is 1.72. The Morgan fingerprint density at radius 3 is 2.69 bits per heavy atom. The van der Waals surface area contributed by atoms with Gasteiger partial charge in [-0.2, -0.15) is 0 Å². The molecule has 1 atom stereocenters. The molecule has 0 radical (unpaired) electrons. The SMILES string of the molecule is C[C@H](CC(=O)O)Oc1c(F)cc(F)cc1Br. The van der Waals surface area contributed by atoms with E-state index in [0.717, 1.165) is 6.07 Å². The minimum absolute atomic E-state index is 0.113. The summed E-state index contributed by atoms with van der Waals surface area (Å²) in [6.45, 7) is 1.49. The van der Waals surface area contributed by atoms with E-state index in [2.05, 4.69) is 15.9 Å². The Morgan fingerprint density at radius 1 is 1.56 bits per heavy atom. The predicted octanol–water partition coefficient (Wildman–Crippen LogP) is 2.97. The van der Waals surface area contributed by atoms with Gasteiger partial charge in [0.1, 0.15) is 11.9 Å². The molecule has 16 heavy (non-hydrogen) atoms. The van der Waals surface area contributed by atoms with Crippen molar-refractivity contribution >= 4 is 21.9 Å². The van der Waals surface area contributed by atoms with Crippen LogP contribution >= 0.6 is 15.9 Å². The van der Waals surface area contributed by atoms with E-state index < -0.39 is 23.7 Å². The molecule has 0 amide bonds. The number of aliphatic carboxylic acids is 1. The fraction of sp³-hybridized carbons (Fsp3) is 0.300. The summed E-state index contributed by atoms with van der Waals surface area (Å²) in [5.74, 6) is -2.84. The zero-order valence-corrected chi connectivity index (χ0v) is 9.92. The second-order valence-electron chi connectivity index (χ2n) is 3.22. The Kier molecular flexibility index (Phi) is 4.23. The Hall–Kier alpha value is -1.17. The maximum Gasteiger partial charge on any atom is 0.307 e. The van der Waals surface area contributed by atoms with Gasteiger partial charge in [-0.05, 0) is 28.9 Å². The maximum absolute atomic E-state index is 13.3. The lowest BCUT2D eigenvalue weighted by Gasteiger charge is -2.14. The second kappa shape index (κ2) is 5.25. The number of carbonyl (C=O) groups is 1. The third-order valence-corrected chi connectivity index (χ3v) is 2.33. The first-order valence-corrected chi connectivity index (χ1v) is 5.22. The number of ether oxygens (including phenoxy) is 1. The highest BCUT2D eigenvalue weighted by atomic mass is 79.9. The standard InChI is InChI=1S/C10H9BrF2O3/c1-5(2-9(14)15)16-10-7(11)3-6(12)4-8(10)13/h3-5H,2H2,1H3,(H,14,15)/t5-/m1/s1. The molecular formula is C10H9BrF2O3. The van der Waals surface area contributed by atoms with Crippen molar-refractivity contribution in [2.24, 2.45) is 0 Å². The molecule has 0 heterocycles. The van der Waals surface area contributed by atoms with Gasteiger partial charge in [-0.25, -0.2) is 8.78 Å². The summed E-state index contributed by atoms with van der Waals surface area (Å²) in [6.07, 6.45) is -0.961. The number of hydrogen-bond donors (Lipinski definition) is 1. The topological polar surface area (TPSA) is 46.5 Å². The van der Waals surface area contributed by atoms with E-state index in [9.17, 15) is 13.6 Å².